The number of aliphatic carboxylic acids is 1. The van der Waals surface area contributed by atoms with Gasteiger partial charge in [0.25, 0.3) is 0 Å². The van der Waals surface area contributed by atoms with Gasteiger partial charge in [-0.15, -0.1) is 0 Å². The van der Waals surface area contributed by atoms with Gasteiger partial charge in [-0.2, -0.15) is 13.2 Å². The number of fused-ring (bicyclic) bond motifs is 1. The van der Waals surface area contributed by atoms with Gasteiger partial charge in [-0.3, -0.25) is 9.78 Å². The van der Waals surface area contributed by atoms with E-state index in [9.17, 15) is 18.0 Å². The third kappa shape index (κ3) is 5.59. The van der Waals surface area contributed by atoms with Gasteiger partial charge < -0.3 is 9.67 Å². The van der Waals surface area contributed by atoms with Crippen molar-refractivity contribution in [2.45, 2.75) is 43.4 Å². The van der Waals surface area contributed by atoms with Gasteiger partial charge in [0.05, 0.1) is 18.1 Å². The van der Waals surface area contributed by atoms with Crippen LogP contribution in [-0.2, 0) is 23.1 Å². The zero-order valence-corrected chi connectivity index (χ0v) is 20.2. The quantitative estimate of drug-likeness (QED) is 0.216. The summed E-state index contributed by atoms with van der Waals surface area (Å²) < 4.78 is 40.8. The lowest BCUT2D eigenvalue weighted by Gasteiger charge is -2.09. The fourth-order valence-corrected chi connectivity index (χ4v) is 4.55. The Balaban J connectivity index is 1.66. The summed E-state index contributed by atoms with van der Waals surface area (Å²) in [7, 11) is 0. The SMILES string of the molecule is CC(C)n1cc(-c2ccc(C(F)(F)F)nc2)c2nc(SCc3ccc(Cl)c(CC(=O)O)c3)ncc21. The molecule has 0 saturated carbocycles. The van der Waals surface area contributed by atoms with E-state index in [1.54, 1.807) is 18.3 Å². The van der Waals surface area contributed by atoms with Gasteiger partial charge in [0.1, 0.15) is 11.2 Å². The molecule has 0 aliphatic rings. The number of hydrogen-bond donors (Lipinski definition) is 1. The third-order valence-corrected chi connectivity index (χ3v) is 6.59. The first-order valence-electron chi connectivity index (χ1n) is 10.6. The largest absolute Gasteiger partial charge is 0.481 e. The molecule has 1 N–H and O–H groups in total. The molecule has 0 saturated heterocycles. The molecule has 3 heterocycles. The minimum atomic E-state index is -4.51. The fraction of sp³-hybridized carbons (Fsp3) is 0.250. The Hall–Kier alpha value is -3.11. The van der Waals surface area contributed by atoms with Crippen molar-refractivity contribution in [3.8, 4) is 11.1 Å². The van der Waals surface area contributed by atoms with Crippen LogP contribution >= 0.6 is 23.4 Å². The van der Waals surface area contributed by atoms with Crippen molar-refractivity contribution in [3.05, 3.63) is 70.8 Å². The Kier molecular flexibility index (Phi) is 7.05. The van der Waals surface area contributed by atoms with Gasteiger partial charge in [-0.1, -0.05) is 41.6 Å². The molecule has 0 amide bonds. The predicted molar refractivity (Wildman–Crippen MR) is 128 cm³/mol. The second kappa shape index (κ2) is 9.87. The molecular formula is C24H20ClF3N4O2S. The molecule has 6 nitrogen and oxygen atoms in total. The highest BCUT2D eigenvalue weighted by atomic mass is 35.5. The molecule has 0 aliphatic heterocycles. The lowest BCUT2D eigenvalue weighted by Crippen LogP contribution is -2.07. The maximum Gasteiger partial charge on any atom is 0.433 e. The molecule has 11 heteroatoms. The number of halogens is 4. The van der Waals surface area contributed by atoms with E-state index in [0.717, 1.165) is 17.1 Å². The molecule has 4 aromatic rings. The standard InChI is InChI=1S/C24H20ClF3N4O2S/c1-13(2)32-11-17(15-4-6-20(29-9-15)24(26,27)28)22-19(32)10-30-23(31-22)35-12-14-3-5-18(25)16(7-14)8-21(33)34/h3-7,9-11,13H,8,12H2,1-2H3,(H,33,34). The topological polar surface area (TPSA) is 80.9 Å². The Morgan fingerprint density at radius 3 is 2.57 bits per heavy atom. The first-order chi connectivity index (χ1) is 16.5. The molecule has 0 atom stereocenters. The highest BCUT2D eigenvalue weighted by molar-refractivity contribution is 7.98. The Labute approximate surface area is 208 Å². The monoisotopic (exact) mass is 520 g/mol. The smallest absolute Gasteiger partial charge is 0.433 e. The van der Waals surface area contributed by atoms with Crippen LogP contribution in [0.3, 0.4) is 0 Å². The van der Waals surface area contributed by atoms with Gasteiger partial charge >= 0.3 is 12.1 Å². The van der Waals surface area contributed by atoms with Gasteiger partial charge in [0, 0.05) is 40.3 Å². The number of carbonyl (C=O) groups is 1. The summed E-state index contributed by atoms with van der Waals surface area (Å²) in [6.07, 6.45) is 0.0634. The Morgan fingerprint density at radius 2 is 1.94 bits per heavy atom. The van der Waals surface area contributed by atoms with E-state index in [0.29, 0.717) is 38.1 Å². The maximum absolute atomic E-state index is 12.9. The zero-order valence-electron chi connectivity index (χ0n) is 18.7. The normalized spacial score (nSPS) is 12.0. The van der Waals surface area contributed by atoms with E-state index in [1.807, 2.05) is 30.7 Å². The van der Waals surface area contributed by atoms with Crippen molar-refractivity contribution in [1.29, 1.82) is 0 Å². The van der Waals surface area contributed by atoms with Crippen molar-refractivity contribution >= 4 is 40.4 Å². The molecule has 1 aromatic carbocycles. The van der Waals surface area contributed by atoms with E-state index in [2.05, 4.69) is 9.97 Å². The Bertz CT molecular complexity index is 1390. The highest BCUT2D eigenvalue weighted by Gasteiger charge is 2.32. The molecule has 4 rings (SSSR count). The van der Waals surface area contributed by atoms with Crippen molar-refractivity contribution < 1.29 is 23.1 Å². The van der Waals surface area contributed by atoms with Crippen molar-refractivity contribution in [1.82, 2.24) is 19.5 Å². The highest BCUT2D eigenvalue weighted by Crippen LogP contribution is 2.34. The first kappa shape index (κ1) is 25.0. The van der Waals surface area contributed by atoms with Crippen LogP contribution in [0.15, 0.2) is 54.1 Å². The number of carboxylic acids is 1. The van der Waals surface area contributed by atoms with Gasteiger partial charge in [-0.05, 0) is 37.1 Å². The average Bonchev–Trinajstić information content (AvgIpc) is 3.18. The fourth-order valence-electron chi connectivity index (χ4n) is 3.61. The van der Waals surface area contributed by atoms with Crippen LogP contribution in [0.1, 0.15) is 36.7 Å². The molecule has 0 fully saturated rings. The molecular weight excluding hydrogens is 501 g/mol. The summed E-state index contributed by atoms with van der Waals surface area (Å²) in [4.78, 5) is 23.8. The number of aromatic nitrogens is 4. The number of thioether (sulfide) groups is 1. The molecule has 0 spiro atoms. The number of carboxylic acid groups (broad SMARTS) is 1. The van der Waals surface area contributed by atoms with Crippen LogP contribution < -0.4 is 0 Å². The molecule has 35 heavy (non-hydrogen) atoms. The molecule has 0 unspecified atom stereocenters. The number of benzene rings is 1. The summed E-state index contributed by atoms with van der Waals surface area (Å²) in [6.45, 7) is 3.98. The van der Waals surface area contributed by atoms with E-state index in [1.165, 1.54) is 24.0 Å². The van der Waals surface area contributed by atoms with Crippen LogP contribution in [0, 0.1) is 0 Å². The van der Waals surface area contributed by atoms with Crippen LogP contribution in [0.5, 0.6) is 0 Å². The minimum absolute atomic E-state index is 0.0810. The first-order valence-corrected chi connectivity index (χ1v) is 11.9. The summed E-state index contributed by atoms with van der Waals surface area (Å²) in [5.41, 5.74) is 2.99. The number of rotatable bonds is 7. The zero-order chi connectivity index (χ0) is 25.3. The minimum Gasteiger partial charge on any atom is -0.481 e. The maximum atomic E-state index is 12.9. The number of pyridine rings is 1. The summed E-state index contributed by atoms with van der Waals surface area (Å²) in [6, 6.07) is 7.65. The van der Waals surface area contributed by atoms with E-state index in [-0.39, 0.29) is 12.5 Å². The van der Waals surface area contributed by atoms with Gasteiger partial charge in [0.2, 0.25) is 0 Å². The van der Waals surface area contributed by atoms with Crippen LogP contribution in [0.25, 0.3) is 22.2 Å². The van der Waals surface area contributed by atoms with E-state index in [4.69, 9.17) is 21.7 Å². The average molecular weight is 521 g/mol. The summed E-state index contributed by atoms with van der Waals surface area (Å²) >= 11 is 7.46. The summed E-state index contributed by atoms with van der Waals surface area (Å²) in [5.74, 6) is -0.484. The summed E-state index contributed by atoms with van der Waals surface area (Å²) in [5, 5.41) is 9.93. The molecule has 182 valence electrons. The van der Waals surface area contributed by atoms with E-state index < -0.39 is 17.8 Å². The van der Waals surface area contributed by atoms with Gasteiger partial charge in [-0.25, -0.2) is 9.97 Å². The van der Waals surface area contributed by atoms with Gasteiger partial charge in [0.15, 0.2) is 5.16 Å². The van der Waals surface area contributed by atoms with Crippen molar-refractivity contribution in [2.75, 3.05) is 0 Å². The predicted octanol–water partition coefficient (Wildman–Crippen LogP) is 6.67. The third-order valence-electron chi connectivity index (χ3n) is 5.29. The van der Waals surface area contributed by atoms with Crippen molar-refractivity contribution in [3.63, 3.8) is 0 Å². The van der Waals surface area contributed by atoms with Crippen LogP contribution in [0.2, 0.25) is 5.02 Å². The molecule has 3 aromatic heterocycles. The van der Waals surface area contributed by atoms with Crippen LogP contribution in [0.4, 0.5) is 13.2 Å². The number of hydrogen-bond acceptors (Lipinski definition) is 5. The lowest BCUT2D eigenvalue weighted by atomic mass is 10.1. The number of alkyl halides is 3. The molecule has 0 radical (unpaired) electrons. The molecule has 0 aliphatic carbocycles. The van der Waals surface area contributed by atoms with Crippen molar-refractivity contribution in [2.24, 2.45) is 0 Å². The Morgan fingerprint density at radius 1 is 1.17 bits per heavy atom. The number of nitrogens with zero attached hydrogens (tertiary/aromatic N) is 4. The second-order valence-electron chi connectivity index (χ2n) is 8.15. The molecule has 0 bridgehead atoms. The van der Waals surface area contributed by atoms with Crippen LogP contribution in [-0.4, -0.2) is 30.6 Å². The lowest BCUT2D eigenvalue weighted by molar-refractivity contribution is -0.141. The second-order valence-corrected chi connectivity index (χ2v) is 9.49. The van der Waals surface area contributed by atoms with E-state index >= 15 is 0 Å².